The van der Waals surface area contributed by atoms with Gasteiger partial charge in [0, 0.05) is 10.9 Å². The van der Waals surface area contributed by atoms with Gasteiger partial charge in [0.2, 0.25) is 0 Å². The van der Waals surface area contributed by atoms with Crippen molar-refractivity contribution in [3.8, 4) is 17.2 Å². The Morgan fingerprint density at radius 3 is 2.71 bits per heavy atom. The van der Waals surface area contributed by atoms with Crippen molar-refractivity contribution in [1.82, 2.24) is 0 Å². The molecule has 0 aromatic heterocycles. The largest absolute Gasteiger partial charge is 0.504 e. The first-order valence-electron chi connectivity index (χ1n) is 7.48. The second-order valence-electron chi connectivity index (χ2n) is 5.03. The van der Waals surface area contributed by atoms with E-state index in [0.717, 1.165) is 10.0 Å². The maximum Gasteiger partial charge on any atom is 0.306 e. The van der Waals surface area contributed by atoms with E-state index in [2.05, 4.69) is 15.9 Å². The summed E-state index contributed by atoms with van der Waals surface area (Å²) in [5.74, 6) is 0.883. The molecule has 0 heterocycles. The molecule has 0 atom stereocenters. The minimum absolute atomic E-state index is 0.0609. The van der Waals surface area contributed by atoms with Crippen molar-refractivity contribution < 1.29 is 24.1 Å². The van der Waals surface area contributed by atoms with E-state index in [1.54, 1.807) is 12.1 Å². The van der Waals surface area contributed by atoms with E-state index in [-0.39, 0.29) is 24.7 Å². The zero-order valence-electron chi connectivity index (χ0n) is 13.3. The Bertz CT molecular complexity index is 687. The molecule has 0 amide bonds. The maximum atomic E-state index is 11.7. The van der Waals surface area contributed by atoms with Gasteiger partial charge in [0.1, 0.15) is 19.0 Å². The maximum absolute atomic E-state index is 11.7. The summed E-state index contributed by atoms with van der Waals surface area (Å²) in [5, 5.41) is 9.70. The number of benzene rings is 2. The zero-order valence-corrected chi connectivity index (χ0v) is 14.9. The van der Waals surface area contributed by atoms with Crippen molar-refractivity contribution in [3.05, 3.63) is 52.5 Å². The van der Waals surface area contributed by atoms with Crippen LogP contribution in [0.15, 0.2) is 46.9 Å². The first-order chi connectivity index (χ1) is 11.6. The lowest BCUT2D eigenvalue weighted by Crippen LogP contribution is -2.12. The van der Waals surface area contributed by atoms with Crippen LogP contribution in [0.4, 0.5) is 0 Å². The van der Waals surface area contributed by atoms with Crippen LogP contribution in [0, 0.1) is 0 Å². The second kappa shape index (κ2) is 9.17. The van der Waals surface area contributed by atoms with Crippen LogP contribution in [0.5, 0.6) is 17.2 Å². The lowest BCUT2D eigenvalue weighted by molar-refractivity contribution is -0.144. The third kappa shape index (κ3) is 5.77. The van der Waals surface area contributed by atoms with Crippen molar-refractivity contribution in [2.24, 2.45) is 0 Å². The minimum atomic E-state index is -0.303. The third-order valence-corrected chi connectivity index (χ3v) is 3.77. The summed E-state index contributed by atoms with van der Waals surface area (Å²) in [6.45, 7) is 0.491. The van der Waals surface area contributed by atoms with Gasteiger partial charge in [0.25, 0.3) is 0 Å². The number of phenolic OH excluding ortho intramolecular Hbond substituents is 1. The molecule has 24 heavy (non-hydrogen) atoms. The Morgan fingerprint density at radius 2 is 2.00 bits per heavy atom. The molecule has 0 saturated carbocycles. The predicted octanol–water partition coefficient (Wildman–Crippen LogP) is 3.72. The van der Waals surface area contributed by atoms with Crippen LogP contribution in [0.25, 0.3) is 0 Å². The molecule has 0 unspecified atom stereocenters. The summed E-state index contributed by atoms with van der Waals surface area (Å²) >= 11 is 3.36. The lowest BCUT2D eigenvalue weighted by Gasteiger charge is -2.08. The van der Waals surface area contributed by atoms with Crippen LogP contribution in [0.3, 0.4) is 0 Å². The van der Waals surface area contributed by atoms with Crippen molar-refractivity contribution >= 4 is 21.9 Å². The molecule has 128 valence electrons. The molecule has 0 saturated heterocycles. The zero-order chi connectivity index (χ0) is 17.4. The van der Waals surface area contributed by atoms with Gasteiger partial charge in [-0.1, -0.05) is 28.1 Å². The van der Waals surface area contributed by atoms with Gasteiger partial charge in [-0.3, -0.25) is 4.79 Å². The molecule has 0 aliphatic rings. The molecule has 1 N–H and O–H groups in total. The van der Waals surface area contributed by atoms with Gasteiger partial charge in [0.15, 0.2) is 11.5 Å². The highest BCUT2D eigenvalue weighted by atomic mass is 79.9. The van der Waals surface area contributed by atoms with Crippen LogP contribution in [0.2, 0.25) is 0 Å². The molecule has 2 aromatic carbocycles. The van der Waals surface area contributed by atoms with Gasteiger partial charge in [0.05, 0.1) is 7.11 Å². The van der Waals surface area contributed by atoms with E-state index in [1.807, 2.05) is 30.3 Å². The third-order valence-electron chi connectivity index (χ3n) is 3.27. The Kier molecular flexibility index (Phi) is 6.93. The number of aromatic hydroxyl groups is 1. The lowest BCUT2D eigenvalue weighted by atomic mass is 10.1. The molecule has 0 radical (unpaired) electrons. The van der Waals surface area contributed by atoms with E-state index in [9.17, 15) is 9.90 Å². The van der Waals surface area contributed by atoms with Crippen LogP contribution < -0.4 is 9.47 Å². The summed E-state index contributed by atoms with van der Waals surface area (Å²) < 4.78 is 16.5. The van der Waals surface area contributed by atoms with E-state index in [0.29, 0.717) is 24.5 Å². The van der Waals surface area contributed by atoms with Crippen LogP contribution in [-0.4, -0.2) is 31.4 Å². The number of methoxy groups -OCH3 is 1. The molecule has 2 aromatic rings. The number of ether oxygens (including phenoxy) is 3. The minimum Gasteiger partial charge on any atom is -0.504 e. The number of phenols is 1. The van der Waals surface area contributed by atoms with E-state index >= 15 is 0 Å². The fourth-order valence-electron chi connectivity index (χ4n) is 2.08. The molecule has 0 aliphatic carbocycles. The highest BCUT2D eigenvalue weighted by Crippen LogP contribution is 2.26. The summed E-state index contributed by atoms with van der Waals surface area (Å²) in [5.41, 5.74) is 0.843. The van der Waals surface area contributed by atoms with Gasteiger partial charge < -0.3 is 19.3 Å². The number of carbonyl (C=O) groups is 1. The molecule has 2 rings (SSSR count). The Morgan fingerprint density at radius 1 is 1.17 bits per heavy atom. The van der Waals surface area contributed by atoms with Crippen molar-refractivity contribution in [1.29, 1.82) is 0 Å². The average Bonchev–Trinajstić information content (AvgIpc) is 2.57. The van der Waals surface area contributed by atoms with Gasteiger partial charge in [-0.25, -0.2) is 0 Å². The fourth-order valence-corrected chi connectivity index (χ4v) is 2.46. The molecule has 6 heteroatoms. The van der Waals surface area contributed by atoms with E-state index in [4.69, 9.17) is 14.2 Å². The fraction of sp³-hybridized carbons (Fsp3) is 0.278. The normalized spacial score (nSPS) is 10.2. The van der Waals surface area contributed by atoms with Gasteiger partial charge in [-0.15, -0.1) is 0 Å². The molecule has 0 bridgehead atoms. The Labute approximate surface area is 149 Å². The second-order valence-corrected chi connectivity index (χ2v) is 5.95. The number of rotatable bonds is 8. The molecular weight excluding hydrogens is 376 g/mol. The topological polar surface area (TPSA) is 65.0 Å². The SMILES string of the molecule is COc1ccc(CCC(=O)OCCOc2cccc(Br)c2)cc1O. The molecule has 0 spiro atoms. The smallest absolute Gasteiger partial charge is 0.306 e. The number of carbonyl (C=O) groups excluding carboxylic acids is 1. The number of aryl methyl sites for hydroxylation is 1. The first-order valence-corrected chi connectivity index (χ1v) is 8.27. The van der Waals surface area contributed by atoms with Gasteiger partial charge >= 0.3 is 5.97 Å². The number of halogens is 1. The summed E-state index contributed by atoms with van der Waals surface area (Å²) in [6.07, 6.45) is 0.728. The number of hydrogen-bond acceptors (Lipinski definition) is 5. The Balaban J connectivity index is 1.67. The van der Waals surface area contributed by atoms with E-state index in [1.165, 1.54) is 7.11 Å². The van der Waals surface area contributed by atoms with Gasteiger partial charge in [-0.2, -0.15) is 0 Å². The van der Waals surface area contributed by atoms with Crippen molar-refractivity contribution in [2.75, 3.05) is 20.3 Å². The van der Waals surface area contributed by atoms with Crippen molar-refractivity contribution in [3.63, 3.8) is 0 Å². The summed E-state index contributed by atoms with van der Waals surface area (Å²) in [6, 6.07) is 12.5. The van der Waals surface area contributed by atoms with Crippen LogP contribution in [-0.2, 0) is 16.0 Å². The monoisotopic (exact) mass is 394 g/mol. The molecule has 0 fully saturated rings. The van der Waals surface area contributed by atoms with Crippen LogP contribution >= 0.6 is 15.9 Å². The molecule has 0 aliphatic heterocycles. The molecular formula is C18H19BrO5. The van der Waals surface area contributed by atoms with E-state index < -0.39 is 0 Å². The standard InChI is InChI=1S/C18H19BrO5/c1-22-17-7-5-13(11-16(17)20)6-8-18(21)24-10-9-23-15-4-2-3-14(19)12-15/h2-5,7,11-12,20H,6,8-10H2,1H3. The average molecular weight is 395 g/mol. The number of esters is 1. The summed E-state index contributed by atoms with van der Waals surface area (Å²) in [7, 11) is 1.49. The quantitative estimate of drug-likeness (QED) is 0.545. The predicted molar refractivity (Wildman–Crippen MR) is 93.6 cm³/mol. The van der Waals surface area contributed by atoms with Crippen LogP contribution in [0.1, 0.15) is 12.0 Å². The summed E-state index contributed by atoms with van der Waals surface area (Å²) in [4.78, 5) is 11.7. The Hall–Kier alpha value is -2.21. The van der Waals surface area contributed by atoms with Gasteiger partial charge in [-0.05, 0) is 42.3 Å². The van der Waals surface area contributed by atoms with Crippen molar-refractivity contribution in [2.45, 2.75) is 12.8 Å². The molecule has 5 nitrogen and oxygen atoms in total. The highest BCUT2D eigenvalue weighted by Gasteiger charge is 2.07. The highest BCUT2D eigenvalue weighted by molar-refractivity contribution is 9.10. The number of hydrogen-bond donors (Lipinski definition) is 1. The first kappa shape index (κ1) is 18.1.